The van der Waals surface area contributed by atoms with Crippen molar-refractivity contribution < 1.29 is 19.4 Å². The molecule has 232 valence electrons. The first-order chi connectivity index (χ1) is 20.7. The molecule has 2 aliphatic rings. The highest BCUT2D eigenvalue weighted by Crippen LogP contribution is 2.30. The van der Waals surface area contributed by atoms with E-state index in [0.717, 1.165) is 41.0 Å². The van der Waals surface area contributed by atoms with Gasteiger partial charge in [-0.2, -0.15) is 0 Å². The van der Waals surface area contributed by atoms with Crippen molar-refractivity contribution in [1.29, 1.82) is 0 Å². The lowest BCUT2D eigenvalue weighted by Gasteiger charge is -2.35. The largest absolute Gasteiger partial charge is 0.488 e. The number of carbonyl (C=O) groups excluding carboxylic acids is 2. The van der Waals surface area contributed by atoms with Crippen LogP contribution in [0, 0.1) is 11.8 Å². The number of nitrogens with one attached hydrogen (secondary N) is 1. The van der Waals surface area contributed by atoms with E-state index in [1.54, 1.807) is 4.90 Å². The summed E-state index contributed by atoms with van der Waals surface area (Å²) < 4.78 is 8.75. The van der Waals surface area contributed by atoms with Crippen molar-refractivity contribution in [2.45, 2.75) is 70.9 Å². The number of benzene rings is 2. The van der Waals surface area contributed by atoms with Gasteiger partial charge in [0.1, 0.15) is 11.9 Å². The van der Waals surface area contributed by atoms with E-state index in [1.807, 2.05) is 67.2 Å². The Bertz CT molecular complexity index is 1410. The fourth-order valence-corrected chi connectivity index (χ4v) is 6.86. The third kappa shape index (κ3) is 7.60. The number of hydrogen-bond donors (Lipinski definition) is 2. The number of aliphatic hydroxyl groups is 1. The lowest BCUT2D eigenvalue weighted by molar-refractivity contribution is -0.134. The number of rotatable bonds is 9. The summed E-state index contributed by atoms with van der Waals surface area (Å²) in [4.78, 5) is 30.9. The van der Waals surface area contributed by atoms with E-state index in [1.165, 1.54) is 32.1 Å². The van der Waals surface area contributed by atoms with Gasteiger partial charge in [0.15, 0.2) is 0 Å². The van der Waals surface area contributed by atoms with E-state index in [4.69, 9.17) is 4.74 Å². The maximum absolute atomic E-state index is 13.6. The van der Waals surface area contributed by atoms with Gasteiger partial charge in [-0.25, -0.2) is 0 Å². The molecule has 1 saturated carbocycles. The Kier molecular flexibility index (Phi) is 10.1. The number of para-hydroxylation sites is 1. The van der Waals surface area contributed by atoms with Crippen LogP contribution in [-0.2, 0) is 29.5 Å². The topological polar surface area (TPSA) is 87.0 Å². The molecule has 1 aliphatic heterocycles. The molecular weight excluding hydrogens is 540 g/mol. The van der Waals surface area contributed by atoms with Crippen LogP contribution in [0.1, 0.15) is 57.1 Å². The van der Waals surface area contributed by atoms with E-state index in [0.29, 0.717) is 18.0 Å². The molecule has 8 heteroatoms. The second-order valence-corrected chi connectivity index (χ2v) is 12.9. The predicted octanol–water partition coefficient (Wildman–Crippen LogP) is 5.02. The number of carbonyl (C=O) groups is 2. The Labute approximate surface area is 256 Å². The van der Waals surface area contributed by atoms with Crippen molar-refractivity contribution >= 4 is 28.4 Å². The maximum atomic E-state index is 13.6. The summed E-state index contributed by atoms with van der Waals surface area (Å²) in [6.07, 6.45) is 8.84. The zero-order valence-corrected chi connectivity index (χ0v) is 26.2. The predicted molar refractivity (Wildman–Crippen MR) is 171 cm³/mol. The third-order valence-corrected chi connectivity index (χ3v) is 9.32. The van der Waals surface area contributed by atoms with Crippen LogP contribution in [0.4, 0.5) is 5.69 Å². The van der Waals surface area contributed by atoms with E-state index in [2.05, 4.69) is 24.2 Å². The van der Waals surface area contributed by atoms with Crippen LogP contribution in [0.15, 0.2) is 48.7 Å². The van der Waals surface area contributed by atoms with Gasteiger partial charge in [0, 0.05) is 61.0 Å². The number of ether oxygens (including phenoxy) is 1. The van der Waals surface area contributed by atoms with E-state index >= 15 is 0 Å². The standard InChI is InChI=1S/C35H48N4O4/c1-24-19-39(25(2)23-40)35(42)18-27-16-29(36-34(41)17-28-21-38(4)31-13-9-8-12-30(28)31)14-15-32(27)43-33(24)22-37(3)20-26-10-6-5-7-11-26/h8-9,12-16,21,24-26,33,40H,5-7,10-11,17-20,22-23H2,1-4H3,(H,36,41)/t24-,25-,33-/m0/s1. The zero-order valence-electron chi connectivity index (χ0n) is 26.2. The molecular formula is C35H48N4O4. The second-order valence-electron chi connectivity index (χ2n) is 12.9. The second kappa shape index (κ2) is 14.0. The van der Waals surface area contributed by atoms with Gasteiger partial charge in [0.2, 0.25) is 11.8 Å². The van der Waals surface area contributed by atoms with Crippen LogP contribution >= 0.6 is 0 Å². The monoisotopic (exact) mass is 588 g/mol. The number of aromatic nitrogens is 1. The molecule has 0 radical (unpaired) electrons. The zero-order chi connectivity index (χ0) is 30.5. The average molecular weight is 589 g/mol. The van der Waals surface area contributed by atoms with Gasteiger partial charge in [0.05, 0.1) is 25.5 Å². The molecule has 1 aliphatic carbocycles. The summed E-state index contributed by atoms with van der Waals surface area (Å²) in [6, 6.07) is 13.4. The Morgan fingerprint density at radius 3 is 2.67 bits per heavy atom. The number of fused-ring (bicyclic) bond motifs is 2. The first-order valence-electron chi connectivity index (χ1n) is 15.9. The summed E-state index contributed by atoms with van der Waals surface area (Å²) in [7, 11) is 4.16. The number of aryl methyl sites for hydroxylation is 1. The normalized spacial score (nSPS) is 20.7. The Balaban J connectivity index is 1.35. The Morgan fingerprint density at radius 2 is 1.91 bits per heavy atom. The SMILES string of the molecule is C[C@H]1CN([C@@H](C)CO)C(=O)Cc2cc(NC(=O)Cc3cn(C)c4ccccc34)ccc2O[C@H]1CN(C)CC1CCCCC1. The van der Waals surface area contributed by atoms with Gasteiger partial charge >= 0.3 is 0 Å². The molecule has 5 rings (SSSR count). The van der Waals surface area contributed by atoms with E-state index in [9.17, 15) is 14.7 Å². The minimum atomic E-state index is -0.291. The fraction of sp³-hybridized carbons (Fsp3) is 0.543. The molecule has 2 N–H and O–H groups in total. The first-order valence-corrected chi connectivity index (χ1v) is 15.9. The molecule has 2 amide bonds. The molecule has 8 nitrogen and oxygen atoms in total. The van der Waals surface area contributed by atoms with Crippen molar-refractivity contribution in [3.8, 4) is 5.75 Å². The highest BCUT2D eigenvalue weighted by atomic mass is 16.5. The van der Waals surface area contributed by atoms with Gasteiger partial charge in [-0.05, 0) is 62.6 Å². The third-order valence-electron chi connectivity index (χ3n) is 9.32. The molecule has 0 unspecified atom stereocenters. The first kappa shape index (κ1) is 31.1. The molecule has 3 atom stereocenters. The quantitative estimate of drug-likeness (QED) is 0.367. The van der Waals surface area contributed by atoms with Crippen LogP contribution in [0.3, 0.4) is 0 Å². The Hall–Kier alpha value is -3.36. The lowest BCUT2D eigenvalue weighted by atomic mass is 9.89. The van der Waals surface area contributed by atoms with Crippen molar-refractivity contribution in [3.05, 3.63) is 59.8 Å². The molecule has 2 heterocycles. The summed E-state index contributed by atoms with van der Waals surface area (Å²) in [5.41, 5.74) is 3.45. The van der Waals surface area contributed by atoms with Gasteiger partial charge in [-0.1, -0.05) is 44.4 Å². The van der Waals surface area contributed by atoms with Crippen molar-refractivity contribution in [2.24, 2.45) is 18.9 Å². The van der Waals surface area contributed by atoms with Gasteiger partial charge in [0.25, 0.3) is 0 Å². The van der Waals surface area contributed by atoms with Crippen LogP contribution < -0.4 is 10.1 Å². The number of anilines is 1. The summed E-state index contributed by atoms with van der Waals surface area (Å²) in [6.45, 7) is 6.26. The molecule has 3 aromatic rings. The highest BCUT2D eigenvalue weighted by Gasteiger charge is 2.31. The highest BCUT2D eigenvalue weighted by molar-refractivity contribution is 5.96. The molecule has 0 spiro atoms. The average Bonchev–Trinajstić information content (AvgIpc) is 3.32. The molecule has 1 fully saturated rings. The Morgan fingerprint density at radius 1 is 1.14 bits per heavy atom. The minimum Gasteiger partial charge on any atom is -0.488 e. The number of likely N-dealkylation sites (N-methyl/N-ethyl adjacent to an activating group) is 1. The van der Waals surface area contributed by atoms with Crippen molar-refractivity contribution in [3.63, 3.8) is 0 Å². The minimum absolute atomic E-state index is 0.0475. The van der Waals surface area contributed by atoms with Crippen LogP contribution in [-0.4, -0.2) is 76.7 Å². The summed E-state index contributed by atoms with van der Waals surface area (Å²) in [5, 5.41) is 14.1. The molecule has 0 saturated heterocycles. The van der Waals surface area contributed by atoms with Crippen LogP contribution in [0.2, 0.25) is 0 Å². The van der Waals surface area contributed by atoms with Crippen molar-refractivity contribution in [1.82, 2.24) is 14.4 Å². The number of nitrogens with zero attached hydrogens (tertiary/aromatic N) is 3. The van der Waals surface area contributed by atoms with Gasteiger partial charge < -0.3 is 29.5 Å². The maximum Gasteiger partial charge on any atom is 0.228 e. The molecule has 2 aromatic carbocycles. The molecule has 1 aromatic heterocycles. The summed E-state index contributed by atoms with van der Waals surface area (Å²) >= 11 is 0. The van der Waals surface area contributed by atoms with Gasteiger partial charge in [-0.15, -0.1) is 0 Å². The number of amides is 2. The number of aliphatic hydroxyl groups excluding tert-OH is 1. The van der Waals surface area contributed by atoms with Gasteiger partial charge in [-0.3, -0.25) is 9.59 Å². The summed E-state index contributed by atoms with van der Waals surface area (Å²) in [5.74, 6) is 1.32. The molecule has 0 bridgehead atoms. The van der Waals surface area contributed by atoms with E-state index in [-0.39, 0.29) is 49.3 Å². The van der Waals surface area contributed by atoms with E-state index < -0.39 is 0 Å². The fourth-order valence-electron chi connectivity index (χ4n) is 6.86. The van der Waals surface area contributed by atoms with Crippen molar-refractivity contribution in [2.75, 3.05) is 38.6 Å². The van der Waals surface area contributed by atoms with Crippen LogP contribution in [0.25, 0.3) is 10.9 Å². The molecule has 43 heavy (non-hydrogen) atoms. The van der Waals surface area contributed by atoms with Crippen LogP contribution in [0.5, 0.6) is 5.75 Å². The lowest BCUT2D eigenvalue weighted by Crippen LogP contribution is -2.48. The smallest absolute Gasteiger partial charge is 0.228 e. The number of hydrogen-bond acceptors (Lipinski definition) is 5.